The summed E-state index contributed by atoms with van der Waals surface area (Å²) in [5.41, 5.74) is 9.67. The van der Waals surface area contributed by atoms with Crippen molar-refractivity contribution in [1.82, 2.24) is 0 Å². The Labute approximate surface area is 335 Å². The highest BCUT2D eigenvalue weighted by Gasteiger charge is 2.21. The van der Waals surface area contributed by atoms with Crippen LogP contribution in [0.5, 0.6) is 0 Å². The highest BCUT2D eigenvalue weighted by atomic mass is 16.3. The quantitative estimate of drug-likeness (QED) is 0.164. The van der Waals surface area contributed by atoms with Gasteiger partial charge in [0.25, 0.3) is 0 Å². The third-order valence-corrected chi connectivity index (χ3v) is 12.0. The van der Waals surface area contributed by atoms with Crippen LogP contribution in [0.25, 0.3) is 98.1 Å². The van der Waals surface area contributed by atoms with Crippen molar-refractivity contribution in [3.05, 3.63) is 212 Å². The van der Waals surface area contributed by atoms with Crippen molar-refractivity contribution >= 4 is 92.9 Å². The zero-order valence-electron chi connectivity index (χ0n) is 31.6. The second-order valence-corrected chi connectivity index (χ2v) is 15.3. The van der Waals surface area contributed by atoms with Gasteiger partial charge in [-0.2, -0.15) is 0 Å². The van der Waals surface area contributed by atoms with E-state index in [-0.39, 0.29) is 0 Å². The van der Waals surface area contributed by atoms with Crippen LogP contribution in [0.3, 0.4) is 0 Å². The molecule has 270 valence electrons. The first kappa shape index (κ1) is 32.6. The number of anilines is 3. The van der Waals surface area contributed by atoms with Gasteiger partial charge < -0.3 is 9.32 Å². The van der Waals surface area contributed by atoms with E-state index in [0.717, 1.165) is 50.1 Å². The van der Waals surface area contributed by atoms with Crippen LogP contribution in [0.15, 0.2) is 217 Å². The number of hydrogen-bond donors (Lipinski definition) is 0. The number of rotatable bonds is 5. The summed E-state index contributed by atoms with van der Waals surface area (Å²) in [7, 11) is 0. The third kappa shape index (κ3) is 5.12. The van der Waals surface area contributed by atoms with E-state index in [4.69, 9.17) is 4.42 Å². The maximum absolute atomic E-state index is 6.90. The van der Waals surface area contributed by atoms with E-state index in [9.17, 15) is 0 Å². The smallest absolute Gasteiger partial charge is 0.143 e. The van der Waals surface area contributed by atoms with Gasteiger partial charge in [-0.3, -0.25) is 0 Å². The molecule has 0 aliphatic carbocycles. The molecule has 0 saturated heterocycles. The number of benzene rings is 11. The number of furan rings is 1. The third-order valence-electron chi connectivity index (χ3n) is 12.0. The first-order chi connectivity index (χ1) is 28.7. The van der Waals surface area contributed by atoms with Crippen LogP contribution in [0.4, 0.5) is 17.1 Å². The molecule has 0 aliphatic rings. The summed E-state index contributed by atoms with van der Waals surface area (Å²) in [5.74, 6) is 0. The van der Waals surface area contributed by atoms with Crippen molar-refractivity contribution in [2.24, 2.45) is 0 Å². The molecule has 1 aromatic heterocycles. The molecule has 2 heteroatoms. The molecule has 58 heavy (non-hydrogen) atoms. The Bertz CT molecular complexity index is 3530. The molecule has 2 nitrogen and oxygen atoms in total. The summed E-state index contributed by atoms with van der Waals surface area (Å²) in [4.78, 5) is 2.39. The first-order valence-corrected chi connectivity index (χ1v) is 19.9. The average molecular weight is 738 g/mol. The van der Waals surface area contributed by atoms with Crippen molar-refractivity contribution in [3.8, 4) is 22.3 Å². The lowest BCUT2D eigenvalue weighted by Gasteiger charge is -2.26. The summed E-state index contributed by atoms with van der Waals surface area (Å²) in [6.45, 7) is 0. The standard InChI is InChI=1S/C56H35NO/c1-2-12-36(13-3-1)38-24-26-42(27-25-38)57(43-28-30-50-48-20-9-8-18-46(48)47-19-10-11-21-49(47)51(50)34-43)44-29-31-54-52(35-44)53-33-40-16-6-7-17-45(40)55(56(53)58-54)41-23-22-37-14-4-5-15-39(37)32-41/h1-35H. The Hall–Kier alpha value is -7.68. The SMILES string of the molecule is c1ccc(-c2ccc(N(c3ccc4oc5c(-c6ccc7ccccc7c6)c6ccccc6cc5c4c3)c3ccc4c5ccccc5c5ccccc5c4c3)cc2)cc1. The molecule has 11 aromatic carbocycles. The fourth-order valence-corrected chi connectivity index (χ4v) is 9.25. The zero-order valence-corrected chi connectivity index (χ0v) is 31.6. The molecule has 1 heterocycles. The van der Waals surface area contributed by atoms with Crippen LogP contribution >= 0.6 is 0 Å². The molecule has 0 amide bonds. The maximum atomic E-state index is 6.90. The molecule has 0 fully saturated rings. The first-order valence-electron chi connectivity index (χ1n) is 19.9. The Morgan fingerprint density at radius 1 is 0.276 bits per heavy atom. The van der Waals surface area contributed by atoms with Crippen LogP contribution < -0.4 is 4.90 Å². The molecule has 0 saturated carbocycles. The van der Waals surface area contributed by atoms with E-state index in [1.807, 2.05) is 0 Å². The van der Waals surface area contributed by atoms with Gasteiger partial charge in [0.1, 0.15) is 11.2 Å². The van der Waals surface area contributed by atoms with Crippen LogP contribution in [0.2, 0.25) is 0 Å². The number of hydrogen-bond acceptors (Lipinski definition) is 2. The van der Waals surface area contributed by atoms with Crippen molar-refractivity contribution in [2.75, 3.05) is 4.90 Å². The molecule has 0 aliphatic heterocycles. The molecule has 12 rings (SSSR count). The summed E-state index contributed by atoms with van der Waals surface area (Å²) >= 11 is 0. The topological polar surface area (TPSA) is 16.4 Å². The van der Waals surface area contributed by atoms with Gasteiger partial charge in [-0.15, -0.1) is 0 Å². The largest absolute Gasteiger partial charge is 0.455 e. The van der Waals surface area contributed by atoms with Gasteiger partial charge in [0.15, 0.2) is 0 Å². The minimum Gasteiger partial charge on any atom is -0.455 e. The summed E-state index contributed by atoms with van der Waals surface area (Å²) in [6.07, 6.45) is 0. The Balaban J connectivity index is 1.10. The summed E-state index contributed by atoms with van der Waals surface area (Å²) in [6, 6.07) is 77.0. The predicted molar refractivity (Wildman–Crippen MR) is 247 cm³/mol. The highest BCUT2D eigenvalue weighted by molar-refractivity contribution is 6.26. The van der Waals surface area contributed by atoms with Crippen molar-refractivity contribution in [2.45, 2.75) is 0 Å². The summed E-state index contributed by atoms with van der Waals surface area (Å²) in [5, 5.41) is 14.5. The second kappa shape index (κ2) is 12.9. The van der Waals surface area contributed by atoms with Crippen LogP contribution in [0, 0.1) is 0 Å². The number of fused-ring (bicyclic) bond motifs is 11. The van der Waals surface area contributed by atoms with Crippen molar-refractivity contribution in [1.29, 1.82) is 0 Å². The lowest BCUT2D eigenvalue weighted by atomic mass is 9.93. The average Bonchev–Trinajstić information content (AvgIpc) is 3.66. The lowest BCUT2D eigenvalue weighted by Crippen LogP contribution is -2.10. The molecule has 0 bridgehead atoms. The van der Waals surface area contributed by atoms with Gasteiger partial charge in [0.2, 0.25) is 0 Å². The maximum Gasteiger partial charge on any atom is 0.143 e. The normalized spacial score (nSPS) is 11.8. The molecule has 0 unspecified atom stereocenters. The molecule has 0 atom stereocenters. The fourth-order valence-electron chi connectivity index (χ4n) is 9.25. The van der Waals surface area contributed by atoms with Crippen LogP contribution in [-0.2, 0) is 0 Å². The Kier molecular flexibility index (Phi) is 7.26. The van der Waals surface area contributed by atoms with Crippen LogP contribution in [0.1, 0.15) is 0 Å². The van der Waals surface area contributed by atoms with Gasteiger partial charge in [-0.1, -0.05) is 158 Å². The van der Waals surface area contributed by atoms with E-state index in [1.165, 1.54) is 65.0 Å². The monoisotopic (exact) mass is 737 g/mol. The van der Waals surface area contributed by atoms with Gasteiger partial charge in [0, 0.05) is 33.4 Å². The minimum absolute atomic E-state index is 0.867. The highest BCUT2D eigenvalue weighted by Crippen LogP contribution is 2.45. The molecule has 0 spiro atoms. The van der Waals surface area contributed by atoms with E-state index in [2.05, 4.69) is 217 Å². The second-order valence-electron chi connectivity index (χ2n) is 15.3. The molecule has 0 radical (unpaired) electrons. The zero-order chi connectivity index (χ0) is 38.2. The fraction of sp³-hybridized carbons (Fsp3) is 0. The van der Waals surface area contributed by atoms with Gasteiger partial charge >= 0.3 is 0 Å². The van der Waals surface area contributed by atoms with E-state index in [0.29, 0.717) is 0 Å². The van der Waals surface area contributed by atoms with Gasteiger partial charge in [0.05, 0.1) is 0 Å². The van der Waals surface area contributed by atoms with Crippen molar-refractivity contribution < 1.29 is 4.42 Å². The summed E-state index contributed by atoms with van der Waals surface area (Å²) < 4.78 is 6.90. The van der Waals surface area contributed by atoms with Gasteiger partial charge in [-0.25, -0.2) is 0 Å². The minimum atomic E-state index is 0.867. The van der Waals surface area contributed by atoms with E-state index >= 15 is 0 Å². The Morgan fingerprint density at radius 3 is 1.52 bits per heavy atom. The molecular formula is C56H35NO. The number of nitrogens with zero attached hydrogens (tertiary/aromatic N) is 1. The molecular weight excluding hydrogens is 703 g/mol. The Morgan fingerprint density at radius 2 is 0.793 bits per heavy atom. The van der Waals surface area contributed by atoms with Crippen molar-refractivity contribution in [3.63, 3.8) is 0 Å². The predicted octanol–water partition coefficient (Wildman–Crippen LogP) is 16.2. The molecule has 0 N–H and O–H groups in total. The lowest BCUT2D eigenvalue weighted by molar-refractivity contribution is 0.670. The van der Waals surface area contributed by atoms with E-state index in [1.54, 1.807) is 0 Å². The van der Waals surface area contributed by atoms with Crippen LogP contribution in [-0.4, -0.2) is 0 Å². The van der Waals surface area contributed by atoms with Gasteiger partial charge in [-0.05, 0) is 125 Å². The molecule has 12 aromatic rings. The van der Waals surface area contributed by atoms with E-state index < -0.39 is 0 Å².